The maximum atomic E-state index is 12.6. The summed E-state index contributed by atoms with van der Waals surface area (Å²) < 4.78 is 15.9. The maximum Gasteiger partial charge on any atom is 0.329 e. The Morgan fingerprint density at radius 3 is 2.70 bits per heavy atom. The molecule has 0 radical (unpaired) electrons. The summed E-state index contributed by atoms with van der Waals surface area (Å²) in [6.07, 6.45) is 0.0518. The molecule has 3 atom stereocenters. The molecule has 0 bridgehead atoms. The van der Waals surface area contributed by atoms with Gasteiger partial charge in [-0.15, -0.1) is 0 Å². The Balaban J connectivity index is 2.12. The molecule has 0 amide bonds. The number of para-hydroxylation sites is 1. The summed E-state index contributed by atoms with van der Waals surface area (Å²) in [5.41, 5.74) is -1.72. The topological polar surface area (TPSA) is 78.9 Å². The first-order valence-corrected chi connectivity index (χ1v) is 7.53. The molecule has 122 valence electrons. The predicted octanol–water partition coefficient (Wildman–Crippen LogP) is 1.96. The van der Waals surface area contributed by atoms with E-state index in [2.05, 4.69) is 0 Å². The molecular formula is C17H18O6. The van der Waals surface area contributed by atoms with Gasteiger partial charge < -0.3 is 14.2 Å². The highest BCUT2D eigenvalue weighted by Gasteiger charge is 2.75. The number of ether oxygens (including phenoxy) is 3. The lowest BCUT2D eigenvalue weighted by Crippen LogP contribution is -2.69. The molecule has 1 fully saturated rings. The number of fused-ring (bicyclic) bond motifs is 3. The van der Waals surface area contributed by atoms with E-state index in [0.29, 0.717) is 11.3 Å². The van der Waals surface area contributed by atoms with Crippen LogP contribution in [-0.4, -0.2) is 30.1 Å². The van der Waals surface area contributed by atoms with Crippen molar-refractivity contribution < 1.29 is 28.6 Å². The lowest BCUT2D eigenvalue weighted by Gasteiger charge is -2.58. The highest BCUT2D eigenvalue weighted by Crippen LogP contribution is 2.65. The summed E-state index contributed by atoms with van der Waals surface area (Å²) in [5.74, 6) is -1.96. The standard InChI is InChI=1S/C17H18O6/c1-4-21-14(19)17-9-16(3,23-10(2)18)13(17)11-7-5-6-8-12(11)22-15(17)20/h5-8,13H,4,9H2,1-3H3/t13-,16+,17-/m0/s1. The van der Waals surface area contributed by atoms with E-state index in [0.717, 1.165) is 0 Å². The number of esters is 3. The number of rotatable bonds is 3. The van der Waals surface area contributed by atoms with Crippen LogP contribution < -0.4 is 4.74 Å². The van der Waals surface area contributed by atoms with E-state index in [1.54, 1.807) is 38.1 Å². The van der Waals surface area contributed by atoms with Gasteiger partial charge in [0.2, 0.25) is 0 Å². The van der Waals surface area contributed by atoms with E-state index < -0.39 is 34.8 Å². The van der Waals surface area contributed by atoms with Crippen LogP contribution in [0.25, 0.3) is 0 Å². The molecule has 1 aliphatic carbocycles. The first kappa shape index (κ1) is 15.5. The average molecular weight is 318 g/mol. The first-order valence-electron chi connectivity index (χ1n) is 7.53. The lowest BCUT2D eigenvalue weighted by atomic mass is 9.48. The largest absolute Gasteiger partial charge is 0.465 e. The van der Waals surface area contributed by atoms with Crippen molar-refractivity contribution in [3.8, 4) is 5.75 Å². The Kier molecular flexibility index (Phi) is 3.43. The molecular weight excluding hydrogens is 300 g/mol. The minimum absolute atomic E-state index is 0.0518. The molecule has 0 spiro atoms. The van der Waals surface area contributed by atoms with Gasteiger partial charge in [-0.05, 0) is 19.9 Å². The van der Waals surface area contributed by atoms with Crippen molar-refractivity contribution in [1.29, 1.82) is 0 Å². The molecule has 1 aromatic carbocycles. The van der Waals surface area contributed by atoms with E-state index in [1.807, 2.05) is 0 Å². The Morgan fingerprint density at radius 1 is 1.35 bits per heavy atom. The van der Waals surface area contributed by atoms with Crippen LogP contribution in [0.3, 0.4) is 0 Å². The zero-order valence-electron chi connectivity index (χ0n) is 13.3. The Bertz CT molecular complexity index is 696. The van der Waals surface area contributed by atoms with Crippen LogP contribution >= 0.6 is 0 Å². The fourth-order valence-electron chi connectivity index (χ4n) is 3.89. The van der Waals surface area contributed by atoms with Gasteiger partial charge in [-0.25, -0.2) is 0 Å². The van der Waals surface area contributed by atoms with Crippen LogP contribution in [0.5, 0.6) is 5.75 Å². The third-order valence-corrected chi connectivity index (χ3v) is 4.55. The van der Waals surface area contributed by atoms with E-state index in [4.69, 9.17) is 14.2 Å². The molecule has 1 saturated carbocycles. The minimum atomic E-state index is -1.45. The fourth-order valence-corrected chi connectivity index (χ4v) is 3.89. The first-order chi connectivity index (χ1) is 10.8. The smallest absolute Gasteiger partial charge is 0.329 e. The minimum Gasteiger partial charge on any atom is -0.465 e. The molecule has 23 heavy (non-hydrogen) atoms. The van der Waals surface area contributed by atoms with Gasteiger partial charge in [-0.1, -0.05) is 18.2 Å². The molecule has 1 aliphatic heterocycles. The van der Waals surface area contributed by atoms with Crippen molar-refractivity contribution >= 4 is 17.9 Å². The van der Waals surface area contributed by atoms with Crippen molar-refractivity contribution in [2.45, 2.75) is 38.7 Å². The number of hydrogen-bond donors (Lipinski definition) is 0. The second-order valence-electron chi connectivity index (χ2n) is 6.14. The van der Waals surface area contributed by atoms with Gasteiger partial charge in [0.25, 0.3) is 0 Å². The molecule has 6 heteroatoms. The van der Waals surface area contributed by atoms with Crippen LogP contribution in [0.4, 0.5) is 0 Å². The summed E-state index contributed by atoms with van der Waals surface area (Å²) in [4.78, 5) is 36.5. The number of hydrogen-bond acceptors (Lipinski definition) is 6. The predicted molar refractivity (Wildman–Crippen MR) is 78.7 cm³/mol. The highest BCUT2D eigenvalue weighted by molar-refractivity contribution is 6.05. The van der Waals surface area contributed by atoms with Crippen LogP contribution in [-0.2, 0) is 23.9 Å². The van der Waals surface area contributed by atoms with Crippen molar-refractivity contribution in [2.75, 3.05) is 6.61 Å². The fraction of sp³-hybridized carbons (Fsp3) is 0.471. The normalized spacial score (nSPS) is 31.1. The maximum absolute atomic E-state index is 12.6. The van der Waals surface area contributed by atoms with E-state index in [9.17, 15) is 14.4 Å². The summed E-state index contributed by atoms with van der Waals surface area (Å²) >= 11 is 0. The van der Waals surface area contributed by atoms with Crippen LogP contribution in [0.2, 0.25) is 0 Å². The van der Waals surface area contributed by atoms with Gasteiger partial charge in [0.1, 0.15) is 11.4 Å². The van der Waals surface area contributed by atoms with Crippen LogP contribution in [0, 0.1) is 5.41 Å². The highest BCUT2D eigenvalue weighted by atomic mass is 16.6. The zero-order chi connectivity index (χ0) is 16.8. The molecule has 2 aliphatic rings. The summed E-state index contributed by atoms with van der Waals surface area (Å²) in [6, 6.07) is 6.97. The number of carbonyl (C=O) groups is 3. The van der Waals surface area contributed by atoms with Gasteiger partial charge in [-0.2, -0.15) is 0 Å². The van der Waals surface area contributed by atoms with E-state index >= 15 is 0 Å². The monoisotopic (exact) mass is 318 g/mol. The van der Waals surface area contributed by atoms with Crippen molar-refractivity contribution in [1.82, 2.24) is 0 Å². The summed E-state index contributed by atoms with van der Waals surface area (Å²) in [5, 5.41) is 0. The van der Waals surface area contributed by atoms with Crippen molar-refractivity contribution in [3.05, 3.63) is 29.8 Å². The molecule has 6 nitrogen and oxygen atoms in total. The number of carbonyl (C=O) groups excluding carboxylic acids is 3. The number of benzene rings is 1. The molecule has 0 aromatic heterocycles. The third-order valence-electron chi connectivity index (χ3n) is 4.55. The lowest BCUT2D eigenvalue weighted by molar-refractivity contribution is -0.219. The van der Waals surface area contributed by atoms with Gasteiger partial charge >= 0.3 is 17.9 Å². The van der Waals surface area contributed by atoms with Crippen LogP contribution in [0.15, 0.2) is 24.3 Å². The quantitative estimate of drug-likeness (QED) is 0.481. The van der Waals surface area contributed by atoms with Gasteiger partial charge in [0.15, 0.2) is 5.41 Å². The van der Waals surface area contributed by atoms with Crippen molar-refractivity contribution in [3.63, 3.8) is 0 Å². The van der Waals surface area contributed by atoms with E-state index in [1.165, 1.54) is 6.92 Å². The van der Waals surface area contributed by atoms with Crippen molar-refractivity contribution in [2.24, 2.45) is 5.41 Å². The molecule has 1 aromatic rings. The molecule has 0 unspecified atom stereocenters. The molecule has 1 heterocycles. The van der Waals surface area contributed by atoms with Gasteiger partial charge in [-0.3, -0.25) is 14.4 Å². The zero-order valence-corrected chi connectivity index (χ0v) is 13.3. The SMILES string of the molecule is CCOC(=O)[C@]12C[C@@](C)(OC(C)=O)[C@@H]1c1ccccc1OC2=O. The van der Waals surface area contributed by atoms with Gasteiger partial charge in [0.05, 0.1) is 12.5 Å². The Morgan fingerprint density at radius 2 is 2.04 bits per heavy atom. The molecule has 3 rings (SSSR count). The summed E-state index contributed by atoms with van der Waals surface area (Å²) in [7, 11) is 0. The Hall–Kier alpha value is -2.37. The molecule has 0 saturated heterocycles. The summed E-state index contributed by atoms with van der Waals surface area (Å²) in [6.45, 7) is 4.87. The van der Waals surface area contributed by atoms with Gasteiger partial charge in [0, 0.05) is 18.9 Å². The van der Waals surface area contributed by atoms with E-state index in [-0.39, 0.29) is 13.0 Å². The third kappa shape index (κ3) is 2.04. The molecule has 0 N–H and O–H groups in total. The van der Waals surface area contributed by atoms with Crippen LogP contribution in [0.1, 0.15) is 38.7 Å². The average Bonchev–Trinajstić information content (AvgIpc) is 2.45. The second-order valence-corrected chi connectivity index (χ2v) is 6.14. The second kappa shape index (κ2) is 5.08. The Labute approximate surface area is 133 Å².